The molecule has 0 aromatic heterocycles. The van der Waals surface area contributed by atoms with Crippen molar-refractivity contribution in [1.82, 2.24) is 0 Å². The molecule has 96 valence electrons. The lowest BCUT2D eigenvalue weighted by Crippen LogP contribution is -2.19. The third-order valence-electron chi connectivity index (χ3n) is 2.44. The molecule has 0 saturated carbocycles. The van der Waals surface area contributed by atoms with Crippen molar-refractivity contribution in [3.8, 4) is 5.75 Å². The van der Waals surface area contributed by atoms with Crippen molar-refractivity contribution in [2.45, 2.75) is 25.5 Å². The molecule has 0 radical (unpaired) electrons. The van der Waals surface area contributed by atoms with Gasteiger partial charge in [0.05, 0.1) is 17.6 Å². The molecule has 4 nitrogen and oxygen atoms in total. The molecule has 0 fully saturated rings. The van der Waals surface area contributed by atoms with Gasteiger partial charge in [-0.3, -0.25) is 0 Å². The van der Waals surface area contributed by atoms with Crippen molar-refractivity contribution < 1.29 is 13.2 Å². The summed E-state index contributed by atoms with van der Waals surface area (Å²) in [4.78, 5) is 0. The van der Waals surface area contributed by atoms with Crippen LogP contribution in [0.25, 0.3) is 0 Å². The van der Waals surface area contributed by atoms with E-state index in [1.807, 2.05) is 0 Å². The minimum Gasteiger partial charge on any atom is -0.494 e. The topological polar surface area (TPSA) is 69.4 Å². The summed E-state index contributed by atoms with van der Waals surface area (Å²) in [7, 11) is -2.96. The minimum absolute atomic E-state index is 0.166. The van der Waals surface area contributed by atoms with Gasteiger partial charge in [0, 0.05) is 5.69 Å². The average molecular weight is 257 g/mol. The Balaban J connectivity index is 2.32. The Morgan fingerprint density at radius 1 is 1.24 bits per heavy atom. The number of nitrogen functional groups attached to an aromatic ring is 1. The molecule has 0 saturated heterocycles. The Kier molecular flexibility index (Phi) is 4.81. The molecule has 0 amide bonds. The lowest BCUT2D eigenvalue weighted by Gasteiger charge is -2.08. The summed E-state index contributed by atoms with van der Waals surface area (Å²) in [5.74, 6) is 0.876. The maximum atomic E-state index is 11.5. The number of hydrogen-bond acceptors (Lipinski definition) is 4. The number of hydrogen-bond donors (Lipinski definition) is 1. The van der Waals surface area contributed by atoms with Crippen LogP contribution in [0.2, 0.25) is 0 Å². The first-order valence-corrected chi connectivity index (χ1v) is 7.33. The van der Waals surface area contributed by atoms with Gasteiger partial charge in [0.25, 0.3) is 0 Å². The van der Waals surface area contributed by atoms with Gasteiger partial charge in [0.2, 0.25) is 0 Å². The molecular formula is C12H19NO3S. The minimum atomic E-state index is -2.96. The average Bonchev–Trinajstić information content (AvgIpc) is 2.26. The second-order valence-electron chi connectivity index (χ2n) is 4.19. The van der Waals surface area contributed by atoms with E-state index in [0.29, 0.717) is 24.5 Å². The highest BCUT2D eigenvalue weighted by Gasteiger charge is 2.15. The maximum absolute atomic E-state index is 11.5. The quantitative estimate of drug-likeness (QED) is 0.624. The molecule has 0 aliphatic carbocycles. The van der Waals surface area contributed by atoms with Crippen LogP contribution >= 0.6 is 0 Å². The normalized spacial score (nSPS) is 11.7. The molecule has 0 bridgehead atoms. The van der Waals surface area contributed by atoms with Crippen LogP contribution in [0.15, 0.2) is 24.3 Å². The van der Waals surface area contributed by atoms with Gasteiger partial charge in [0.15, 0.2) is 9.84 Å². The van der Waals surface area contributed by atoms with E-state index < -0.39 is 9.84 Å². The van der Waals surface area contributed by atoms with Crippen LogP contribution in [0.1, 0.15) is 20.3 Å². The van der Waals surface area contributed by atoms with Crippen molar-refractivity contribution in [1.29, 1.82) is 0 Å². The van der Waals surface area contributed by atoms with Gasteiger partial charge in [-0.05, 0) is 44.5 Å². The molecule has 0 unspecified atom stereocenters. The molecule has 2 N–H and O–H groups in total. The zero-order valence-corrected chi connectivity index (χ0v) is 11.0. The molecule has 0 spiro atoms. The molecule has 5 heteroatoms. The van der Waals surface area contributed by atoms with Crippen molar-refractivity contribution >= 4 is 15.5 Å². The Morgan fingerprint density at radius 2 is 1.82 bits per heavy atom. The summed E-state index contributed by atoms with van der Waals surface area (Å²) in [5.41, 5.74) is 6.22. The first-order valence-electron chi connectivity index (χ1n) is 5.62. The number of nitrogens with two attached hydrogens (primary N) is 1. The van der Waals surface area contributed by atoms with E-state index in [1.54, 1.807) is 38.1 Å². The van der Waals surface area contributed by atoms with Gasteiger partial charge in [-0.15, -0.1) is 0 Å². The number of ether oxygens (including phenoxy) is 1. The predicted molar refractivity (Wildman–Crippen MR) is 69.9 cm³/mol. The Bertz CT molecular complexity index is 437. The Labute approximate surface area is 103 Å². The molecule has 1 aromatic carbocycles. The van der Waals surface area contributed by atoms with Crippen LogP contribution in [0.3, 0.4) is 0 Å². The van der Waals surface area contributed by atoms with Gasteiger partial charge >= 0.3 is 0 Å². The van der Waals surface area contributed by atoms with E-state index >= 15 is 0 Å². The fraction of sp³-hybridized carbons (Fsp3) is 0.500. The van der Waals surface area contributed by atoms with E-state index in [9.17, 15) is 8.42 Å². The summed E-state index contributed by atoms with van der Waals surface area (Å²) in [5, 5.41) is -0.320. The molecule has 0 atom stereocenters. The monoisotopic (exact) mass is 257 g/mol. The van der Waals surface area contributed by atoms with Gasteiger partial charge in [-0.1, -0.05) is 0 Å². The van der Waals surface area contributed by atoms with Crippen molar-refractivity contribution in [3.63, 3.8) is 0 Å². The van der Waals surface area contributed by atoms with Crippen LogP contribution in [0.5, 0.6) is 5.75 Å². The van der Waals surface area contributed by atoms with E-state index in [4.69, 9.17) is 10.5 Å². The molecule has 0 aliphatic rings. The number of rotatable bonds is 6. The first-order chi connectivity index (χ1) is 7.92. The van der Waals surface area contributed by atoms with Crippen LogP contribution in [-0.4, -0.2) is 26.0 Å². The molecule has 0 aliphatic heterocycles. The fourth-order valence-electron chi connectivity index (χ4n) is 1.25. The maximum Gasteiger partial charge on any atom is 0.152 e. The second kappa shape index (κ2) is 5.91. The van der Waals surface area contributed by atoms with Crippen molar-refractivity contribution in [2.75, 3.05) is 18.1 Å². The standard InChI is InChI=1S/C12H19NO3S/c1-10(2)17(14,15)9-3-8-16-12-6-4-11(13)5-7-12/h4-7,10H,3,8-9,13H2,1-2H3. The van der Waals surface area contributed by atoms with E-state index in [-0.39, 0.29) is 11.0 Å². The lowest BCUT2D eigenvalue weighted by atomic mass is 10.3. The molecule has 17 heavy (non-hydrogen) atoms. The first kappa shape index (κ1) is 13.8. The zero-order valence-electron chi connectivity index (χ0n) is 10.2. The van der Waals surface area contributed by atoms with Crippen molar-refractivity contribution in [2.24, 2.45) is 0 Å². The number of sulfone groups is 1. The van der Waals surface area contributed by atoms with Gasteiger partial charge in [-0.25, -0.2) is 8.42 Å². The van der Waals surface area contributed by atoms with E-state index in [0.717, 1.165) is 0 Å². The molecule has 1 rings (SSSR count). The van der Waals surface area contributed by atoms with E-state index in [2.05, 4.69) is 0 Å². The second-order valence-corrected chi connectivity index (χ2v) is 6.86. The Morgan fingerprint density at radius 3 is 2.35 bits per heavy atom. The summed E-state index contributed by atoms with van der Waals surface area (Å²) in [6.07, 6.45) is 0.505. The van der Waals surface area contributed by atoms with Crippen LogP contribution in [-0.2, 0) is 9.84 Å². The zero-order chi connectivity index (χ0) is 12.9. The van der Waals surface area contributed by atoms with Crippen LogP contribution < -0.4 is 10.5 Å². The summed E-state index contributed by atoms with van der Waals surface area (Å²) >= 11 is 0. The third-order valence-corrected chi connectivity index (χ3v) is 4.73. The summed E-state index contributed by atoms with van der Waals surface area (Å²) in [6.45, 7) is 3.78. The third kappa shape index (κ3) is 4.65. The largest absolute Gasteiger partial charge is 0.494 e. The summed E-state index contributed by atoms with van der Waals surface area (Å²) < 4.78 is 28.4. The highest BCUT2D eigenvalue weighted by molar-refractivity contribution is 7.91. The van der Waals surface area contributed by atoms with E-state index in [1.165, 1.54) is 0 Å². The fourth-order valence-corrected chi connectivity index (χ4v) is 2.24. The number of anilines is 1. The van der Waals surface area contributed by atoms with Crippen LogP contribution in [0.4, 0.5) is 5.69 Å². The number of benzene rings is 1. The van der Waals surface area contributed by atoms with Crippen LogP contribution in [0, 0.1) is 0 Å². The van der Waals surface area contributed by atoms with Crippen molar-refractivity contribution in [3.05, 3.63) is 24.3 Å². The highest BCUT2D eigenvalue weighted by Crippen LogP contribution is 2.13. The Hall–Kier alpha value is -1.23. The smallest absolute Gasteiger partial charge is 0.152 e. The summed E-state index contributed by atoms with van der Waals surface area (Å²) in [6, 6.07) is 7.04. The van der Waals surface area contributed by atoms with Gasteiger partial charge in [-0.2, -0.15) is 0 Å². The molecular weight excluding hydrogens is 238 g/mol. The van der Waals surface area contributed by atoms with Gasteiger partial charge < -0.3 is 10.5 Å². The lowest BCUT2D eigenvalue weighted by molar-refractivity contribution is 0.317. The molecule has 0 heterocycles. The molecule has 1 aromatic rings. The SMILES string of the molecule is CC(C)S(=O)(=O)CCCOc1ccc(N)cc1. The predicted octanol–water partition coefficient (Wildman–Crippen LogP) is 1.86. The van der Waals surface area contributed by atoms with Gasteiger partial charge in [0.1, 0.15) is 5.75 Å². The highest BCUT2D eigenvalue weighted by atomic mass is 32.2.